The van der Waals surface area contributed by atoms with E-state index in [0.29, 0.717) is 12.3 Å². The van der Waals surface area contributed by atoms with Gasteiger partial charge in [-0.1, -0.05) is 11.6 Å². The molecule has 1 amide bonds. The highest BCUT2D eigenvalue weighted by Crippen LogP contribution is 2.38. The number of alkyl halides is 6. The van der Waals surface area contributed by atoms with E-state index in [1.165, 1.54) is 18.5 Å². The third-order valence-electron chi connectivity index (χ3n) is 4.37. The van der Waals surface area contributed by atoms with Crippen molar-refractivity contribution in [2.24, 2.45) is 0 Å². The number of pyridine rings is 2. The molecular formula is C18H10ClF6N9O. The van der Waals surface area contributed by atoms with Crippen LogP contribution >= 0.6 is 11.6 Å². The van der Waals surface area contributed by atoms with Gasteiger partial charge in [-0.15, -0.1) is 4.80 Å². The van der Waals surface area contributed by atoms with E-state index in [1.54, 1.807) is 0 Å². The molecule has 4 heterocycles. The van der Waals surface area contributed by atoms with Crippen LogP contribution in [-0.4, -0.2) is 40.6 Å². The zero-order valence-corrected chi connectivity index (χ0v) is 17.6. The quantitative estimate of drug-likeness (QED) is 0.394. The first kappa shape index (κ1) is 23.9. The van der Waals surface area contributed by atoms with E-state index in [0.717, 1.165) is 17.1 Å². The van der Waals surface area contributed by atoms with Crippen LogP contribution in [0.1, 0.15) is 21.6 Å². The number of hydrogen-bond donors (Lipinski definition) is 2. The highest BCUT2D eigenvalue weighted by atomic mass is 35.5. The first-order valence-electron chi connectivity index (χ1n) is 9.19. The first-order chi connectivity index (χ1) is 16.4. The molecule has 4 rings (SSSR count). The topological polar surface area (TPSA) is 129 Å². The minimum absolute atomic E-state index is 0.0514. The van der Waals surface area contributed by atoms with E-state index >= 15 is 0 Å². The average molecular weight is 518 g/mol. The number of nitrogen functional groups attached to an aromatic ring is 1. The number of rotatable bonds is 4. The summed E-state index contributed by atoms with van der Waals surface area (Å²) in [5.74, 6) is -3.01. The number of hydrogen-bond acceptors (Lipinski definition) is 7. The molecule has 17 heteroatoms. The number of carbonyl (C=O) groups excluding carboxylic acids is 1. The molecule has 0 aliphatic heterocycles. The number of nitrogens with zero attached hydrogens (tertiary/aromatic N) is 7. The van der Waals surface area contributed by atoms with Gasteiger partial charge in [-0.05, 0) is 18.2 Å². The lowest BCUT2D eigenvalue weighted by molar-refractivity contribution is -0.145. The van der Waals surface area contributed by atoms with Gasteiger partial charge in [0.05, 0.1) is 41.1 Å². The second-order valence-electron chi connectivity index (χ2n) is 6.72. The van der Waals surface area contributed by atoms with Gasteiger partial charge in [-0.2, -0.15) is 41.6 Å². The monoisotopic (exact) mass is 517 g/mol. The lowest BCUT2D eigenvalue weighted by atomic mass is 10.2. The zero-order chi connectivity index (χ0) is 25.5. The van der Waals surface area contributed by atoms with Crippen LogP contribution in [0.25, 0.3) is 11.6 Å². The summed E-state index contributed by atoms with van der Waals surface area (Å²) in [5, 5.41) is 13.1. The van der Waals surface area contributed by atoms with Crippen molar-refractivity contribution in [2.75, 3.05) is 11.1 Å². The van der Waals surface area contributed by atoms with Crippen LogP contribution in [-0.2, 0) is 12.4 Å². The number of nitrogens with one attached hydrogen (secondary N) is 1. The Kier molecular flexibility index (Phi) is 5.84. The van der Waals surface area contributed by atoms with E-state index in [9.17, 15) is 31.1 Å². The fourth-order valence-electron chi connectivity index (χ4n) is 2.96. The van der Waals surface area contributed by atoms with Crippen LogP contribution in [0.3, 0.4) is 0 Å². The third-order valence-corrected chi connectivity index (χ3v) is 4.65. The number of nitrogens with two attached hydrogens (primary N) is 1. The summed E-state index contributed by atoms with van der Waals surface area (Å²) in [7, 11) is 0. The number of amides is 1. The maximum absolute atomic E-state index is 13.9. The Labute approximate surface area is 195 Å². The predicted octanol–water partition coefficient (Wildman–Crippen LogP) is 3.77. The van der Waals surface area contributed by atoms with Gasteiger partial charge < -0.3 is 11.1 Å². The van der Waals surface area contributed by atoms with Gasteiger partial charge in [-0.3, -0.25) is 4.79 Å². The minimum atomic E-state index is -5.30. The van der Waals surface area contributed by atoms with Gasteiger partial charge in [0.15, 0.2) is 17.3 Å². The summed E-state index contributed by atoms with van der Waals surface area (Å²) in [4.78, 5) is 21.0. The molecule has 4 aromatic rings. The molecule has 3 N–H and O–H groups in total. The molecule has 0 aliphatic carbocycles. The van der Waals surface area contributed by atoms with Crippen molar-refractivity contribution in [2.45, 2.75) is 12.4 Å². The first-order valence-corrected chi connectivity index (χ1v) is 9.57. The standard InChI is InChI=1S/C18H10ClF6N9O/c19-11-5-8(6-27-15(11)34-28-3-4-29-34)31-16(35)9-7-30-33(13(9)18(23,24)25)14-10(17(20,21)22)1-2-12(26)32-14/h1-7H,(H2,26,32)(H,31,35). The van der Waals surface area contributed by atoms with Gasteiger partial charge in [-0.25, -0.2) is 14.6 Å². The molecule has 0 radical (unpaired) electrons. The number of anilines is 2. The van der Waals surface area contributed by atoms with Gasteiger partial charge >= 0.3 is 12.4 Å². The fraction of sp³-hybridized carbons (Fsp3) is 0.111. The lowest BCUT2D eigenvalue weighted by Gasteiger charge is -2.16. The van der Waals surface area contributed by atoms with Crippen molar-refractivity contribution in [3.05, 3.63) is 64.8 Å². The Hall–Kier alpha value is -4.21. The smallest absolute Gasteiger partial charge is 0.384 e. The van der Waals surface area contributed by atoms with Crippen LogP contribution in [0.15, 0.2) is 43.0 Å². The Morgan fingerprint density at radius 2 is 1.66 bits per heavy atom. The maximum Gasteiger partial charge on any atom is 0.434 e. The van der Waals surface area contributed by atoms with Gasteiger partial charge in [0.1, 0.15) is 11.4 Å². The van der Waals surface area contributed by atoms with Crippen molar-refractivity contribution >= 4 is 29.0 Å². The Morgan fingerprint density at radius 3 is 2.26 bits per heavy atom. The summed E-state index contributed by atoms with van der Waals surface area (Å²) in [6, 6.07) is 2.41. The second kappa shape index (κ2) is 8.53. The van der Waals surface area contributed by atoms with Crippen LogP contribution in [0.5, 0.6) is 0 Å². The Morgan fingerprint density at radius 1 is 0.971 bits per heavy atom. The molecule has 0 saturated heterocycles. The Balaban J connectivity index is 1.74. The highest BCUT2D eigenvalue weighted by Gasteiger charge is 2.43. The zero-order valence-electron chi connectivity index (χ0n) is 16.8. The van der Waals surface area contributed by atoms with E-state index in [2.05, 4.69) is 30.6 Å². The van der Waals surface area contributed by atoms with E-state index in [1.807, 2.05) is 0 Å². The molecule has 0 fully saturated rings. The van der Waals surface area contributed by atoms with Crippen molar-refractivity contribution in [3.63, 3.8) is 0 Å². The van der Waals surface area contributed by atoms with E-state index < -0.39 is 46.7 Å². The number of halogens is 7. The molecule has 0 bridgehead atoms. The number of aromatic nitrogens is 7. The normalized spacial score (nSPS) is 12.1. The second-order valence-corrected chi connectivity index (χ2v) is 7.13. The average Bonchev–Trinajstić information content (AvgIpc) is 3.43. The molecule has 0 unspecified atom stereocenters. The molecule has 182 valence electrons. The van der Waals surface area contributed by atoms with Crippen LogP contribution in [0.2, 0.25) is 5.02 Å². The molecule has 0 spiro atoms. The van der Waals surface area contributed by atoms with Crippen molar-refractivity contribution < 1.29 is 31.1 Å². The van der Waals surface area contributed by atoms with Crippen molar-refractivity contribution in [1.82, 2.24) is 34.7 Å². The van der Waals surface area contributed by atoms with Gasteiger partial charge in [0.2, 0.25) is 0 Å². The SMILES string of the molecule is Nc1ccc(C(F)(F)F)c(-n2ncc(C(=O)Nc3cnc(-n4nccn4)c(Cl)c3)c2C(F)(F)F)n1. The van der Waals surface area contributed by atoms with E-state index in [-0.39, 0.29) is 21.2 Å². The largest absolute Gasteiger partial charge is 0.434 e. The molecule has 0 aromatic carbocycles. The van der Waals surface area contributed by atoms with Crippen molar-refractivity contribution in [3.8, 4) is 11.6 Å². The van der Waals surface area contributed by atoms with Crippen LogP contribution in [0.4, 0.5) is 37.8 Å². The van der Waals surface area contributed by atoms with Crippen molar-refractivity contribution in [1.29, 1.82) is 0 Å². The molecule has 10 nitrogen and oxygen atoms in total. The molecular weight excluding hydrogens is 508 g/mol. The molecule has 35 heavy (non-hydrogen) atoms. The summed E-state index contributed by atoms with van der Waals surface area (Å²) in [5.41, 5.74) is 0.859. The fourth-order valence-corrected chi connectivity index (χ4v) is 3.21. The summed E-state index contributed by atoms with van der Waals surface area (Å²) in [6.45, 7) is 0. The van der Waals surface area contributed by atoms with Crippen LogP contribution < -0.4 is 11.1 Å². The highest BCUT2D eigenvalue weighted by molar-refractivity contribution is 6.32. The Bertz CT molecular complexity index is 1400. The number of carbonyl (C=O) groups is 1. The lowest BCUT2D eigenvalue weighted by Crippen LogP contribution is -2.23. The molecule has 4 aromatic heterocycles. The third kappa shape index (κ3) is 4.72. The van der Waals surface area contributed by atoms with E-state index in [4.69, 9.17) is 17.3 Å². The summed E-state index contributed by atoms with van der Waals surface area (Å²) in [6.07, 6.45) is -6.15. The molecule has 0 aliphatic rings. The van der Waals surface area contributed by atoms with Gasteiger partial charge in [0.25, 0.3) is 5.91 Å². The predicted molar refractivity (Wildman–Crippen MR) is 108 cm³/mol. The minimum Gasteiger partial charge on any atom is -0.384 e. The molecule has 0 atom stereocenters. The van der Waals surface area contributed by atoms with Crippen LogP contribution in [0, 0.1) is 0 Å². The molecule has 0 saturated carbocycles. The maximum atomic E-state index is 13.9. The summed E-state index contributed by atoms with van der Waals surface area (Å²) >= 11 is 6.08. The van der Waals surface area contributed by atoms with Gasteiger partial charge in [0, 0.05) is 0 Å². The summed E-state index contributed by atoms with van der Waals surface area (Å²) < 4.78 is 81.8.